The largest absolute Gasteiger partial charge is 0.385 e. The Balaban J connectivity index is 1.90. The Morgan fingerprint density at radius 1 is 1.28 bits per heavy atom. The molecule has 0 saturated carbocycles. The second kappa shape index (κ2) is 7.52. The van der Waals surface area contributed by atoms with Gasteiger partial charge in [-0.25, -0.2) is 0 Å². The highest BCUT2D eigenvalue weighted by Crippen LogP contribution is 2.22. The second-order valence-corrected chi connectivity index (χ2v) is 4.87. The second-order valence-electron chi connectivity index (χ2n) is 4.87. The van der Waals surface area contributed by atoms with Gasteiger partial charge in [0.25, 0.3) is 0 Å². The number of nitrogens with one attached hydrogen (secondary N) is 1. The molecular weight excluding hydrogens is 224 g/mol. The molecule has 1 aromatic rings. The predicted octanol–water partition coefficient (Wildman–Crippen LogP) is 2.06. The van der Waals surface area contributed by atoms with Crippen molar-refractivity contribution in [2.24, 2.45) is 0 Å². The summed E-state index contributed by atoms with van der Waals surface area (Å²) >= 11 is 0. The lowest BCUT2D eigenvalue weighted by atomic mass is 10.0. The summed E-state index contributed by atoms with van der Waals surface area (Å²) in [5.74, 6) is 0. The third-order valence-electron chi connectivity index (χ3n) is 3.58. The van der Waals surface area contributed by atoms with E-state index in [0.29, 0.717) is 6.04 Å². The average molecular weight is 248 g/mol. The van der Waals surface area contributed by atoms with Crippen LogP contribution in [0.5, 0.6) is 0 Å². The molecule has 0 aliphatic carbocycles. The van der Waals surface area contributed by atoms with E-state index >= 15 is 0 Å². The van der Waals surface area contributed by atoms with Crippen LogP contribution in [0.1, 0.15) is 24.4 Å². The summed E-state index contributed by atoms with van der Waals surface area (Å²) in [5, 5.41) is 3.50. The Morgan fingerprint density at radius 2 is 2.11 bits per heavy atom. The van der Waals surface area contributed by atoms with Crippen LogP contribution in [0.2, 0.25) is 0 Å². The van der Waals surface area contributed by atoms with Crippen molar-refractivity contribution in [3.8, 4) is 0 Å². The molecule has 18 heavy (non-hydrogen) atoms. The fourth-order valence-corrected chi connectivity index (χ4v) is 2.58. The quantitative estimate of drug-likeness (QED) is 0.780. The number of hydrogen-bond acceptors (Lipinski definition) is 3. The Morgan fingerprint density at radius 3 is 2.89 bits per heavy atom. The van der Waals surface area contributed by atoms with E-state index in [9.17, 15) is 0 Å². The zero-order valence-corrected chi connectivity index (χ0v) is 11.3. The van der Waals surface area contributed by atoms with Gasteiger partial charge < -0.3 is 10.1 Å². The van der Waals surface area contributed by atoms with Gasteiger partial charge >= 0.3 is 0 Å². The molecule has 1 saturated heterocycles. The van der Waals surface area contributed by atoms with Crippen LogP contribution in [-0.2, 0) is 4.74 Å². The van der Waals surface area contributed by atoms with Gasteiger partial charge in [0.2, 0.25) is 0 Å². The fourth-order valence-electron chi connectivity index (χ4n) is 2.58. The highest BCUT2D eigenvalue weighted by atomic mass is 16.5. The number of piperazine rings is 1. The molecule has 1 unspecified atom stereocenters. The molecule has 1 aliphatic rings. The molecule has 1 heterocycles. The minimum absolute atomic E-state index is 0.530. The van der Waals surface area contributed by atoms with E-state index in [1.807, 2.05) is 0 Å². The van der Waals surface area contributed by atoms with Crippen molar-refractivity contribution >= 4 is 0 Å². The molecular formula is C15H24N2O. The van der Waals surface area contributed by atoms with Crippen LogP contribution in [0, 0.1) is 0 Å². The smallest absolute Gasteiger partial charge is 0.0473 e. The molecule has 100 valence electrons. The third kappa shape index (κ3) is 3.80. The van der Waals surface area contributed by atoms with Gasteiger partial charge in [0.05, 0.1) is 0 Å². The zero-order chi connectivity index (χ0) is 12.6. The van der Waals surface area contributed by atoms with Gasteiger partial charge in [-0.05, 0) is 24.9 Å². The fraction of sp³-hybridized carbons (Fsp3) is 0.600. The number of ether oxygens (including phenoxy) is 1. The first kappa shape index (κ1) is 13.5. The maximum Gasteiger partial charge on any atom is 0.0473 e. The average Bonchev–Trinajstić information content (AvgIpc) is 2.45. The van der Waals surface area contributed by atoms with Gasteiger partial charge in [0.1, 0.15) is 0 Å². The van der Waals surface area contributed by atoms with Crippen LogP contribution in [0.4, 0.5) is 0 Å². The van der Waals surface area contributed by atoms with E-state index in [1.165, 1.54) is 18.5 Å². The van der Waals surface area contributed by atoms with Gasteiger partial charge in [-0.2, -0.15) is 0 Å². The lowest BCUT2D eigenvalue weighted by Crippen LogP contribution is -2.46. The van der Waals surface area contributed by atoms with Crippen molar-refractivity contribution in [3.63, 3.8) is 0 Å². The number of unbranched alkanes of at least 4 members (excludes halogenated alkanes) is 1. The summed E-state index contributed by atoms with van der Waals surface area (Å²) in [6.45, 7) is 5.36. The Bertz CT molecular complexity index is 329. The van der Waals surface area contributed by atoms with E-state index in [-0.39, 0.29) is 0 Å². The van der Waals surface area contributed by atoms with E-state index in [1.54, 1.807) is 7.11 Å². The molecule has 1 atom stereocenters. The molecule has 0 amide bonds. The minimum Gasteiger partial charge on any atom is -0.385 e. The number of benzene rings is 1. The molecule has 0 spiro atoms. The molecule has 1 aromatic carbocycles. The molecule has 3 heteroatoms. The van der Waals surface area contributed by atoms with Gasteiger partial charge in [-0.15, -0.1) is 0 Å². The number of hydrogen-bond donors (Lipinski definition) is 1. The Kier molecular flexibility index (Phi) is 5.65. The third-order valence-corrected chi connectivity index (χ3v) is 3.58. The summed E-state index contributed by atoms with van der Waals surface area (Å²) in [6, 6.07) is 11.4. The maximum atomic E-state index is 5.11. The lowest BCUT2D eigenvalue weighted by Gasteiger charge is -2.36. The number of rotatable bonds is 6. The highest BCUT2D eigenvalue weighted by Gasteiger charge is 2.22. The van der Waals surface area contributed by atoms with Gasteiger partial charge in [-0.1, -0.05) is 30.3 Å². The molecule has 3 nitrogen and oxygen atoms in total. The summed E-state index contributed by atoms with van der Waals surface area (Å²) in [6.07, 6.45) is 2.37. The molecule has 1 fully saturated rings. The van der Waals surface area contributed by atoms with Crippen LogP contribution in [0.15, 0.2) is 30.3 Å². The normalized spacial score (nSPS) is 21.1. The molecule has 0 bridgehead atoms. The van der Waals surface area contributed by atoms with Gasteiger partial charge in [-0.3, -0.25) is 4.90 Å². The summed E-state index contributed by atoms with van der Waals surface area (Å²) < 4.78 is 5.11. The molecule has 1 aliphatic heterocycles. The first-order chi connectivity index (χ1) is 8.92. The molecule has 1 N–H and O–H groups in total. The Labute approximate surface area is 110 Å². The first-order valence-corrected chi connectivity index (χ1v) is 6.90. The number of methoxy groups -OCH3 is 1. The topological polar surface area (TPSA) is 24.5 Å². The van der Waals surface area contributed by atoms with Gasteiger partial charge in [0, 0.05) is 39.4 Å². The first-order valence-electron chi connectivity index (χ1n) is 6.90. The maximum absolute atomic E-state index is 5.11. The predicted molar refractivity (Wildman–Crippen MR) is 74.7 cm³/mol. The van der Waals surface area contributed by atoms with Crippen molar-refractivity contribution in [3.05, 3.63) is 35.9 Å². The van der Waals surface area contributed by atoms with E-state index in [0.717, 1.165) is 32.7 Å². The van der Waals surface area contributed by atoms with E-state index in [2.05, 4.69) is 40.5 Å². The van der Waals surface area contributed by atoms with Crippen LogP contribution < -0.4 is 5.32 Å². The van der Waals surface area contributed by atoms with Crippen molar-refractivity contribution < 1.29 is 4.74 Å². The van der Waals surface area contributed by atoms with Crippen molar-refractivity contribution in [1.82, 2.24) is 10.2 Å². The van der Waals surface area contributed by atoms with Crippen LogP contribution >= 0.6 is 0 Å². The minimum atomic E-state index is 0.530. The van der Waals surface area contributed by atoms with Crippen molar-refractivity contribution in [1.29, 1.82) is 0 Å². The molecule has 0 radical (unpaired) electrons. The monoisotopic (exact) mass is 248 g/mol. The van der Waals surface area contributed by atoms with E-state index < -0.39 is 0 Å². The van der Waals surface area contributed by atoms with Crippen LogP contribution in [0.3, 0.4) is 0 Å². The lowest BCUT2D eigenvalue weighted by molar-refractivity contribution is 0.146. The molecule has 0 aromatic heterocycles. The summed E-state index contributed by atoms with van der Waals surface area (Å²) in [4.78, 5) is 2.60. The van der Waals surface area contributed by atoms with Gasteiger partial charge in [0.15, 0.2) is 0 Å². The van der Waals surface area contributed by atoms with Crippen molar-refractivity contribution in [2.45, 2.75) is 18.9 Å². The van der Waals surface area contributed by atoms with E-state index in [4.69, 9.17) is 4.74 Å². The molecule has 2 rings (SSSR count). The standard InChI is InChI=1S/C15H24N2O/c1-18-12-6-5-10-17-11-9-16-13-15(17)14-7-3-2-4-8-14/h2-4,7-8,15-16H,5-6,9-13H2,1H3. The SMILES string of the molecule is COCCCCN1CCNCC1c1ccccc1. The summed E-state index contributed by atoms with van der Waals surface area (Å²) in [5.41, 5.74) is 1.43. The van der Waals surface area contributed by atoms with Crippen LogP contribution in [-0.4, -0.2) is 44.8 Å². The summed E-state index contributed by atoms with van der Waals surface area (Å²) in [7, 11) is 1.78. The van der Waals surface area contributed by atoms with Crippen LogP contribution in [0.25, 0.3) is 0 Å². The Hall–Kier alpha value is -0.900. The highest BCUT2D eigenvalue weighted by molar-refractivity contribution is 5.20. The van der Waals surface area contributed by atoms with Crippen molar-refractivity contribution in [2.75, 3.05) is 39.9 Å². The number of nitrogens with zero attached hydrogens (tertiary/aromatic N) is 1. The zero-order valence-electron chi connectivity index (χ0n) is 11.3.